The molecular formula is C14H11ClN2O3S. The lowest BCUT2D eigenvalue weighted by Crippen LogP contribution is -2.23. The number of aromatic nitrogens is 1. The number of fused-ring (bicyclic) bond motifs is 1. The molecule has 0 radical (unpaired) electrons. The molecule has 0 amide bonds. The second-order valence-corrected chi connectivity index (χ2v) is 6.55. The Bertz CT molecular complexity index is 890. The van der Waals surface area contributed by atoms with E-state index in [1.54, 1.807) is 30.3 Å². The molecule has 1 aromatic heterocycles. The molecule has 0 bridgehead atoms. The molecule has 3 aromatic rings. The van der Waals surface area contributed by atoms with E-state index in [0.717, 1.165) is 11.1 Å². The van der Waals surface area contributed by atoms with E-state index < -0.39 is 10.0 Å². The second-order valence-electron chi connectivity index (χ2n) is 4.41. The molecule has 1 N–H and O–H groups in total. The van der Waals surface area contributed by atoms with Gasteiger partial charge in [0.05, 0.1) is 5.02 Å². The predicted octanol–water partition coefficient (Wildman–Crippen LogP) is 2.96. The summed E-state index contributed by atoms with van der Waals surface area (Å²) in [5, 5.41) is 0.190. The van der Waals surface area contributed by atoms with E-state index >= 15 is 0 Å². The third-order valence-electron chi connectivity index (χ3n) is 2.99. The van der Waals surface area contributed by atoms with Gasteiger partial charge >= 0.3 is 0 Å². The number of nitrogens with one attached hydrogen (secondary N) is 1. The zero-order valence-corrected chi connectivity index (χ0v) is 12.4. The quantitative estimate of drug-likeness (QED) is 0.801. The maximum absolute atomic E-state index is 12.2. The summed E-state index contributed by atoms with van der Waals surface area (Å²) in [7, 11) is -3.66. The van der Waals surface area contributed by atoms with Crippen LogP contribution < -0.4 is 4.72 Å². The van der Waals surface area contributed by atoms with E-state index in [1.165, 1.54) is 18.5 Å². The Hall–Kier alpha value is -1.89. The van der Waals surface area contributed by atoms with E-state index in [9.17, 15) is 8.42 Å². The monoisotopic (exact) mass is 322 g/mol. The average Bonchev–Trinajstić information content (AvgIpc) is 2.93. The zero-order chi connectivity index (χ0) is 14.9. The minimum atomic E-state index is -3.66. The van der Waals surface area contributed by atoms with Crippen molar-refractivity contribution in [3.05, 3.63) is 59.4 Å². The van der Waals surface area contributed by atoms with Crippen LogP contribution >= 0.6 is 11.6 Å². The Kier molecular flexibility index (Phi) is 3.67. The Morgan fingerprint density at radius 1 is 1.19 bits per heavy atom. The van der Waals surface area contributed by atoms with Crippen LogP contribution in [-0.2, 0) is 16.6 Å². The highest BCUT2D eigenvalue weighted by Gasteiger charge is 2.16. The third-order valence-corrected chi connectivity index (χ3v) is 4.89. The molecule has 21 heavy (non-hydrogen) atoms. The van der Waals surface area contributed by atoms with Crippen LogP contribution in [0.4, 0.5) is 0 Å². The topological polar surface area (TPSA) is 72.2 Å². The molecule has 0 aliphatic heterocycles. The molecule has 5 nitrogen and oxygen atoms in total. The first-order chi connectivity index (χ1) is 10.1. The summed E-state index contributed by atoms with van der Waals surface area (Å²) in [6.45, 7) is 0.143. The first kappa shape index (κ1) is 14.1. The van der Waals surface area contributed by atoms with E-state index in [-0.39, 0.29) is 16.5 Å². The Morgan fingerprint density at radius 2 is 2.00 bits per heavy atom. The SMILES string of the molecule is O=S(=O)(NCc1ccc2ncoc2c1)c1ccccc1Cl. The van der Waals surface area contributed by atoms with Crippen molar-refractivity contribution in [2.45, 2.75) is 11.4 Å². The highest BCUT2D eigenvalue weighted by atomic mass is 35.5. The molecule has 0 unspecified atom stereocenters. The molecule has 0 saturated carbocycles. The molecule has 2 aromatic carbocycles. The van der Waals surface area contributed by atoms with E-state index in [4.69, 9.17) is 16.0 Å². The van der Waals surface area contributed by atoms with Gasteiger partial charge in [-0.1, -0.05) is 29.8 Å². The van der Waals surface area contributed by atoms with Crippen LogP contribution in [0.5, 0.6) is 0 Å². The molecular weight excluding hydrogens is 312 g/mol. The van der Waals surface area contributed by atoms with Gasteiger partial charge in [-0.15, -0.1) is 0 Å². The first-order valence-electron chi connectivity index (χ1n) is 6.12. The van der Waals surface area contributed by atoms with E-state index in [2.05, 4.69) is 9.71 Å². The normalized spacial score (nSPS) is 11.9. The molecule has 1 heterocycles. The minimum Gasteiger partial charge on any atom is -0.443 e. The lowest BCUT2D eigenvalue weighted by molar-refractivity contribution is 0.581. The van der Waals surface area contributed by atoms with Gasteiger partial charge in [0.2, 0.25) is 10.0 Å². The number of halogens is 1. The van der Waals surface area contributed by atoms with Crippen molar-refractivity contribution in [3.63, 3.8) is 0 Å². The van der Waals surface area contributed by atoms with Gasteiger partial charge in [0.1, 0.15) is 10.4 Å². The smallest absolute Gasteiger partial charge is 0.242 e. The summed E-state index contributed by atoms with van der Waals surface area (Å²) >= 11 is 5.91. The highest BCUT2D eigenvalue weighted by Crippen LogP contribution is 2.21. The van der Waals surface area contributed by atoms with Gasteiger partial charge in [-0.2, -0.15) is 0 Å². The summed E-state index contributed by atoms with van der Waals surface area (Å²) < 4.78 is 32.1. The van der Waals surface area contributed by atoms with Crippen molar-refractivity contribution >= 4 is 32.7 Å². The van der Waals surface area contributed by atoms with Crippen LogP contribution in [-0.4, -0.2) is 13.4 Å². The van der Waals surface area contributed by atoms with Crippen molar-refractivity contribution in [1.29, 1.82) is 0 Å². The lowest BCUT2D eigenvalue weighted by Gasteiger charge is -2.08. The molecule has 0 atom stereocenters. The average molecular weight is 323 g/mol. The molecule has 0 aliphatic carbocycles. The largest absolute Gasteiger partial charge is 0.443 e. The summed E-state index contributed by atoms with van der Waals surface area (Å²) in [5.41, 5.74) is 2.12. The fourth-order valence-corrected chi connectivity index (χ4v) is 3.46. The van der Waals surface area contributed by atoms with Gasteiger partial charge < -0.3 is 4.42 Å². The molecule has 7 heteroatoms. The fourth-order valence-electron chi connectivity index (χ4n) is 1.93. The number of benzene rings is 2. The van der Waals surface area contributed by atoms with Gasteiger partial charge in [0.15, 0.2) is 12.0 Å². The molecule has 108 valence electrons. The van der Waals surface area contributed by atoms with Crippen molar-refractivity contribution in [2.75, 3.05) is 0 Å². The maximum Gasteiger partial charge on any atom is 0.242 e. The third kappa shape index (κ3) is 2.92. The van der Waals surface area contributed by atoms with E-state index in [1.807, 2.05) is 0 Å². The van der Waals surface area contributed by atoms with Gasteiger partial charge in [-0.3, -0.25) is 0 Å². The Morgan fingerprint density at radius 3 is 2.81 bits per heavy atom. The standard InChI is InChI=1S/C14H11ClN2O3S/c15-11-3-1-2-4-14(11)21(18,19)17-8-10-5-6-12-13(7-10)20-9-16-12/h1-7,9,17H,8H2. The summed E-state index contributed by atoms with van der Waals surface area (Å²) in [4.78, 5) is 4.07. The summed E-state index contributed by atoms with van der Waals surface area (Å²) in [5.74, 6) is 0. The van der Waals surface area contributed by atoms with Gasteiger partial charge in [0, 0.05) is 6.54 Å². The van der Waals surface area contributed by atoms with Crippen LogP contribution in [0.25, 0.3) is 11.1 Å². The molecule has 0 aliphatic rings. The Balaban J connectivity index is 1.81. The molecule has 0 spiro atoms. The number of hydrogen-bond donors (Lipinski definition) is 1. The van der Waals surface area contributed by atoms with Crippen LogP contribution in [0.1, 0.15) is 5.56 Å². The lowest BCUT2D eigenvalue weighted by atomic mass is 10.2. The Labute approximate surface area is 126 Å². The molecule has 0 fully saturated rings. The predicted molar refractivity (Wildman–Crippen MR) is 79.5 cm³/mol. The van der Waals surface area contributed by atoms with Gasteiger partial charge in [-0.25, -0.2) is 18.1 Å². The summed E-state index contributed by atoms with van der Waals surface area (Å²) in [6.07, 6.45) is 1.35. The van der Waals surface area contributed by atoms with Crippen LogP contribution in [0.15, 0.2) is 58.2 Å². The fraction of sp³-hybridized carbons (Fsp3) is 0.0714. The molecule has 0 saturated heterocycles. The van der Waals surface area contributed by atoms with Crippen LogP contribution in [0, 0.1) is 0 Å². The number of rotatable bonds is 4. The first-order valence-corrected chi connectivity index (χ1v) is 7.99. The van der Waals surface area contributed by atoms with Gasteiger partial charge in [-0.05, 0) is 29.8 Å². The van der Waals surface area contributed by atoms with Crippen molar-refractivity contribution in [1.82, 2.24) is 9.71 Å². The van der Waals surface area contributed by atoms with Crippen molar-refractivity contribution < 1.29 is 12.8 Å². The highest BCUT2D eigenvalue weighted by molar-refractivity contribution is 7.89. The number of sulfonamides is 1. The molecule has 3 rings (SSSR count). The van der Waals surface area contributed by atoms with Crippen molar-refractivity contribution in [3.8, 4) is 0 Å². The van der Waals surface area contributed by atoms with Crippen molar-refractivity contribution in [2.24, 2.45) is 0 Å². The maximum atomic E-state index is 12.2. The van der Waals surface area contributed by atoms with Crippen LogP contribution in [0.3, 0.4) is 0 Å². The van der Waals surface area contributed by atoms with Crippen LogP contribution in [0.2, 0.25) is 5.02 Å². The van der Waals surface area contributed by atoms with E-state index in [0.29, 0.717) is 5.58 Å². The second kappa shape index (κ2) is 5.48. The van der Waals surface area contributed by atoms with Gasteiger partial charge in [0.25, 0.3) is 0 Å². The number of oxazole rings is 1. The number of hydrogen-bond acceptors (Lipinski definition) is 4. The zero-order valence-electron chi connectivity index (χ0n) is 10.8. The minimum absolute atomic E-state index is 0.0624. The number of nitrogens with zero attached hydrogens (tertiary/aromatic N) is 1. The summed E-state index contributed by atoms with van der Waals surface area (Å²) in [6, 6.07) is 11.6.